The number of rotatable bonds is 4. The predicted molar refractivity (Wildman–Crippen MR) is 94.4 cm³/mol. The van der Waals surface area contributed by atoms with Crippen LogP contribution >= 0.6 is 0 Å². The third-order valence-electron chi connectivity index (χ3n) is 5.29. The number of anilines is 1. The molecule has 4 rings (SSSR count). The highest BCUT2D eigenvalue weighted by Gasteiger charge is 2.32. The number of benzene rings is 1. The molecule has 0 saturated heterocycles. The van der Waals surface area contributed by atoms with Crippen LogP contribution in [-0.2, 0) is 4.79 Å². The first-order valence-corrected chi connectivity index (χ1v) is 8.80. The SMILES string of the molecule is COc1cc(OC)cc([C@H]2CC(=O)Nc3c2cnn3C2CCCC2)c1. The number of carbonyl (C=O) groups excluding carboxylic acids is 1. The molecule has 1 saturated carbocycles. The fraction of sp³-hybridized carbons (Fsp3) is 0.474. The molecule has 0 spiro atoms. The van der Waals surface area contributed by atoms with E-state index in [4.69, 9.17) is 9.47 Å². The fourth-order valence-corrected chi connectivity index (χ4v) is 3.99. The minimum atomic E-state index is -0.0390. The van der Waals surface area contributed by atoms with Crippen LogP contribution in [0.15, 0.2) is 24.4 Å². The molecule has 6 nitrogen and oxygen atoms in total. The number of fused-ring (bicyclic) bond motifs is 1. The molecule has 1 atom stereocenters. The highest BCUT2D eigenvalue weighted by atomic mass is 16.5. The van der Waals surface area contributed by atoms with Gasteiger partial charge in [0, 0.05) is 24.0 Å². The van der Waals surface area contributed by atoms with E-state index < -0.39 is 0 Å². The van der Waals surface area contributed by atoms with Crippen LogP contribution in [0, 0.1) is 0 Å². The number of nitrogens with one attached hydrogen (secondary N) is 1. The first-order valence-electron chi connectivity index (χ1n) is 8.80. The van der Waals surface area contributed by atoms with Crippen molar-refractivity contribution in [2.75, 3.05) is 19.5 Å². The monoisotopic (exact) mass is 341 g/mol. The van der Waals surface area contributed by atoms with Crippen molar-refractivity contribution in [3.05, 3.63) is 35.5 Å². The molecule has 1 aliphatic carbocycles. The summed E-state index contributed by atoms with van der Waals surface area (Å²) in [4.78, 5) is 12.4. The molecule has 1 aliphatic heterocycles. The zero-order valence-electron chi connectivity index (χ0n) is 14.6. The summed E-state index contributed by atoms with van der Waals surface area (Å²) in [5.74, 6) is 2.30. The maximum absolute atomic E-state index is 12.4. The maximum atomic E-state index is 12.4. The summed E-state index contributed by atoms with van der Waals surface area (Å²) < 4.78 is 12.8. The summed E-state index contributed by atoms with van der Waals surface area (Å²) in [5, 5.41) is 7.66. The maximum Gasteiger partial charge on any atom is 0.226 e. The molecule has 0 bridgehead atoms. The lowest BCUT2D eigenvalue weighted by molar-refractivity contribution is -0.116. The Morgan fingerprint density at radius 1 is 1.12 bits per heavy atom. The van der Waals surface area contributed by atoms with Gasteiger partial charge in [0.1, 0.15) is 17.3 Å². The summed E-state index contributed by atoms with van der Waals surface area (Å²) in [7, 11) is 3.27. The van der Waals surface area contributed by atoms with E-state index in [0.717, 1.165) is 41.3 Å². The zero-order chi connectivity index (χ0) is 17.4. The molecule has 0 unspecified atom stereocenters. The van der Waals surface area contributed by atoms with Crippen molar-refractivity contribution >= 4 is 11.7 Å². The molecule has 132 valence electrons. The van der Waals surface area contributed by atoms with E-state index in [9.17, 15) is 4.79 Å². The average Bonchev–Trinajstić information content (AvgIpc) is 3.29. The van der Waals surface area contributed by atoms with Crippen molar-refractivity contribution in [2.24, 2.45) is 0 Å². The van der Waals surface area contributed by atoms with Crippen molar-refractivity contribution in [2.45, 2.75) is 44.1 Å². The van der Waals surface area contributed by atoms with E-state index >= 15 is 0 Å². The Kier molecular flexibility index (Phi) is 4.11. The Bertz CT molecular complexity index is 771. The number of hydrogen-bond acceptors (Lipinski definition) is 4. The van der Waals surface area contributed by atoms with Crippen LogP contribution in [0.3, 0.4) is 0 Å². The van der Waals surface area contributed by atoms with Crippen LogP contribution in [0.1, 0.15) is 55.2 Å². The quantitative estimate of drug-likeness (QED) is 0.924. The van der Waals surface area contributed by atoms with Gasteiger partial charge in [-0.25, -0.2) is 4.68 Å². The Morgan fingerprint density at radius 2 is 1.80 bits per heavy atom. The molecule has 1 aromatic heterocycles. The second kappa shape index (κ2) is 6.43. The van der Waals surface area contributed by atoms with E-state index in [2.05, 4.69) is 10.4 Å². The van der Waals surface area contributed by atoms with E-state index in [-0.39, 0.29) is 11.8 Å². The Balaban J connectivity index is 1.76. The topological polar surface area (TPSA) is 65.4 Å². The number of nitrogens with zero attached hydrogens (tertiary/aromatic N) is 2. The van der Waals surface area contributed by atoms with E-state index in [1.54, 1.807) is 14.2 Å². The number of amides is 1. The van der Waals surface area contributed by atoms with Gasteiger partial charge in [0.05, 0.1) is 26.5 Å². The number of hydrogen-bond donors (Lipinski definition) is 1. The van der Waals surface area contributed by atoms with Crippen LogP contribution < -0.4 is 14.8 Å². The van der Waals surface area contributed by atoms with Gasteiger partial charge in [0.2, 0.25) is 5.91 Å². The van der Waals surface area contributed by atoms with E-state index in [1.807, 2.05) is 29.1 Å². The van der Waals surface area contributed by atoms with E-state index in [1.165, 1.54) is 12.8 Å². The van der Waals surface area contributed by atoms with Gasteiger partial charge in [-0.3, -0.25) is 4.79 Å². The number of carbonyl (C=O) groups is 1. The largest absolute Gasteiger partial charge is 0.497 e. The first-order chi connectivity index (χ1) is 12.2. The van der Waals surface area contributed by atoms with Crippen molar-refractivity contribution in [3.8, 4) is 11.5 Å². The van der Waals surface area contributed by atoms with Gasteiger partial charge in [-0.05, 0) is 30.5 Å². The minimum absolute atomic E-state index is 0.0269. The van der Waals surface area contributed by atoms with Gasteiger partial charge in [0.25, 0.3) is 0 Å². The van der Waals surface area contributed by atoms with Crippen molar-refractivity contribution in [1.82, 2.24) is 9.78 Å². The first kappa shape index (κ1) is 16.0. The molecule has 1 fully saturated rings. The fourth-order valence-electron chi connectivity index (χ4n) is 3.99. The summed E-state index contributed by atoms with van der Waals surface area (Å²) in [6, 6.07) is 6.18. The second-order valence-electron chi connectivity index (χ2n) is 6.78. The number of methoxy groups -OCH3 is 2. The summed E-state index contributed by atoms with van der Waals surface area (Å²) >= 11 is 0. The van der Waals surface area contributed by atoms with Crippen LogP contribution in [0.5, 0.6) is 11.5 Å². The Labute approximate surface area is 147 Å². The summed E-state index contributed by atoms with van der Waals surface area (Å²) in [6.45, 7) is 0. The van der Waals surface area contributed by atoms with Crippen LogP contribution in [0.2, 0.25) is 0 Å². The molecule has 25 heavy (non-hydrogen) atoms. The highest BCUT2D eigenvalue weighted by molar-refractivity contribution is 5.94. The number of ether oxygens (including phenoxy) is 2. The third-order valence-corrected chi connectivity index (χ3v) is 5.29. The molecule has 1 N–H and O–H groups in total. The lowest BCUT2D eigenvalue weighted by atomic mass is 9.87. The molecule has 2 aromatic rings. The summed E-state index contributed by atoms with van der Waals surface area (Å²) in [6.07, 6.45) is 7.01. The Hall–Kier alpha value is -2.50. The van der Waals surface area contributed by atoms with Crippen molar-refractivity contribution < 1.29 is 14.3 Å². The molecular weight excluding hydrogens is 318 g/mol. The number of aromatic nitrogens is 2. The van der Waals surface area contributed by atoms with Crippen LogP contribution in [0.4, 0.5) is 5.82 Å². The molecule has 6 heteroatoms. The Morgan fingerprint density at radius 3 is 2.44 bits per heavy atom. The normalized spacial score (nSPS) is 20.2. The zero-order valence-corrected chi connectivity index (χ0v) is 14.6. The van der Waals surface area contributed by atoms with Gasteiger partial charge >= 0.3 is 0 Å². The van der Waals surface area contributed by atoms with Crippen molar-refractivity contribution in [1.29, 1.82) is 0 Å². The second-order valence-corrected chi connectivity index (χ2v) is 6.78. The average molecular weight is 341 g/mol. The van der Waals surface area contributed by atoms with Crippen molar-refractivity contribution in [3.63, 3.8) is 0 Å². The van der Waals surface area contributed by atoms with Gasteiger partial charge in [-0.1, -0.05) is 12.8 Å². The predicted octanol–water partition coefficient (Wildman–Crippen LogP) is 3.49. The van der Waals surface area contributed by atoms with Gasteiger partial charge < -0.3 is 14.8 Å². The van der Waals surface area contributed by atoms with Gasteiger partial charge in [0.15, 0.2) is 0 Å². The lowest BCUT2D eigenvalue weighted by Gasteiger charge is -2.25. The molecule has 1 aromatic carbocycles. The molecular formula is C19H23N3O3. The minimum Gasteiger partial charge on any atom is -0.497 e. The molecule has 0 radical (unpaired) electrons. The smallest absolute Gasteiger partial charge is 0.226 e. The van der Waals surface area contributed by atoms with Crippen LogP contribution in [-0.4, -0.2) is 29.9 Å². The molecule has 1 amide bonds. The summed E-state index contributed by atoms with van der Waals surface area (Å²) in [5.41, 5.74) is 2.08. The van der Waals surface area contributed by atoms with E-state index in [0.29, 0.717) is 12.5 Å². The molecule has 2 heterocycles. The van der Waals surface area contributed by atoms with Gasteiger partial charge in [-0.2, -0.15) is 5.10 Å². The molecule has 2 aliphatic rings. The third kappa shape index (κ3) is 2.86. The highest BCUT2D eigenvalue weighted by Crippen LogP contribution is 2.42. The van der Waals surface area contributed by atoms with Crippen LogP contribution in [0.25, 0.3) is 0 Å². The lowest BCUT2D eigenvalue weighted by Crippen LogP contribution is -2.25. The van der Waals surface area contributed by atoms with Gasteiger partial charge in [-0.15, -0.1) is 0 Å². The standard InChI is InChI=1S/C19H23N3O3/c1-24-14-7-12(8-15(9-14)25-2)16-10-18(23)21-19-17(16)11-20-22(19)13-5-3-4-6-13/h7-9,11,13,16H,3-6,10H2,1-2H3,(H,21,23)/t16-/m1/s1.